The maximum absolute atomic E-state index is 8.07. The molecule has 0 atom stereocenters. The van der Waals surface area contributed by atoms with E-state index in [9.17, 15) is 0 Å². The van der Waals surface area contributed by atoms with E-state index in [0.717, 1.165) is 77.0 Å². The summed E-state index contributed by atoms with van der Waals surface area (Å²) in [5.74, 6) is 0. The van der Waals surface area contributed by atoms with Crippen molar-refractivity contribution in [3.05, 3.63) is 0 Å². The van der Waals surface area contributed by atoms with E-state index >= 15 is 0 Å². The van der Waals surface area contributed by atoms with Crippen molar-refractivity contribution in [2.24, 2.45) is 0 Å². The average Bonchev–Trinajstić information content (AvgIpc) is 2.74. The standard InChI is InChI=1S/6C4H10O.Mg.2H2O.Ti.Zr/c6*1-2-3-4-5;;;;;/h6*5H,2-4H2,1H3;;2*1H2;;/q;;;;;;+2;;;;. The molecule has 0 aromatic rings. The van der Waals surface area contributed by atoms with Gasteiger partial charge in [-0.25, -0.2) is 0 Å². The normalized spacial score (nSPS) is 7.20. The van der Waals surface area contributed by atoms with Gasteiger partial charge in [0.2, 0.25) is 0 Å². The fourth-order valence-electron chi connectivity index (χ4n) is 0.949. The van der Waals surface area contributed by atoms with E-state index in [2.05, 4.69) is 41.5 Å². The topological polar surface area (TPSA) is 184 Å². The Labute approximate surface area is 268 Å². The molecule has 0 aliphatic rings. The van der Waals surface area contributed by atoms with Gasteiger partial charge in [0, 0.05) is 87.6 Å². The average molecular weight is 644 g/mol. The van der Waals surface area contributed by atoms with Crippen LogP contribution in [0.4, 0.5) is 0 Å². The van der Waals surface area contributed by atoms with Crippen LogP contribution in [-0.4, -0.2) is 104 Å². The van der Waals surface area contributed by atoms with Crippen molar-refractivity contribution in [1.82, 2.24) is 0 Å². The molecule has 0 radical (unpaired) electrons. The summed E-state index contributed by atoms with van der Waals surface area (Å²) in [6.45, 7) is 14.4. The van der Waals surface area contributed by atoms with Crippen LogP contribution in [0.2, 0.25) is 0 Å². The van der Waals surface area contributed by atoms with Crippen LogP contribution in [0.25, 0.3) is 0 Å². The molecule has 0 aliphatic heterocycles. The maximum atomic E-state index is 8.07. The summed E-state index contributed by atoms with van der Waals surface area (Å²) >= 11 is 0. The second-order valence-corrected chi connectivity index (χ2v) is 6.46. The number of aliphatic hydroxyl groups is 6. The zero-order chi connectivity index (χ0) is 24.7. The molecule has 0 bridgehead atoms. The van der Waals surface area contributed by atoms with Crippen LogP contribution in [-0.2, 0) is 47.9 Å². The van der Waals surface area contributed by atoms with Gasteiger partial charge in [0.1, 0.15) is 0 Å². The van der Waals surface area contributed by atoms with E-state index in [0.29, 0.717) is 39.6 Å². The smallest absolute Gasteiger partial charge is 0.412 e. The van der Waals surface area contributed by atoms with E-state index in [4.69, 9.17) is 30.6 Å². The number of unbranched alkanes of at least 4 members (excludes halogenated alkanes) is 6. The number of aliphatic hydroxyl groups excluding tert-OH is 6. The van der Waals surface area contributed by atoms with Crippen molar-refractivity contribution in [3.63, 3.8) is 0 Å². The van der Waals surface area contributed by atoms with Crippen LogP contribution < -0.4 is 0 Å². The molecule has 0 aromatic heterocycles. The molecular formula is C24H64MgO8TiZr+2. The summed E-state index contributed by atoms with van der Waals surface area (Å²) in [4.78, 5) is 0. The first-order chi connectivity index (χ1) is 14.5. The van der Waals surface area contributed by atoms with Crippen molar-refractivity contribution in [2.75, 3.05) is 39.6 Å². The molecule has 0 amide bonds. The van der Waals surface area contributed by atoms with Crippen molar-refractivity contribution < 1.29 is 89.5 Å². The molecule has 216 valence electrons. The number of hydrogen-bond acceptors (Lipinski definition) is 6. The second kappa shape index (κ2) is 110. The van der Waals surface area contributed by atoms with Crippen LogP contribution in [0.5, 0.6) is 0 Å². The first-order valence-corrected chi connectivity index (χ1v) is 12.1. The van der Waals surface area contributed by atoms with E-state index in [1.54, 1.807) is 0 Å². The Balaban J connectivity index is -0.0000000213. The Hall–Kier alpha value is 2.04. The van der Waals surface area contributed by atoms with Crippen molar-refractivity contribution in [2.45, 2.75) is 119 Å². The first kappa shape index (κ1) is 71.0. The summed E-state index contributed by atoms with van der Waals surface area (Å²) in [7, 11) is 0. The number of hydrogen-bond donors (Lipinski definition) is 6. The van der Waals surface area contributed by atoms with Gasteiger partial charge in [-0.15, -0.1) is 0 Å². The van der Waals surface area contributed by atoms with Crippen molar-refractivity contribution >= 4 is 23.1 Å². The van der Waals surface area contributed by atoms with Gasteiger partial charge in [-0.05, 0) is 38.5 Å². The van der Waals surface area contributed by atoms with Crippen LogP contribution >= 0.6 is 0 Å². The SMILES string of the molecule is CCCCO.CCCCO.CCCCO.CCCCO.CCCCO.CCCCO.O.O.[Mg+2].[Ti].[Zr]. The van der Waals surface area contributed by atoms with Crippen molar-refractivity contribution in [1.29, 1.82) is 0 Å². The summed E-state index contributed by atoms with van der Waals surface area (Å²) in [5, 5.41) is 48.4. The minimum absolute atomic E-state index is 0. The largest absolute Gasteiger partial charge is 2.00 e. The summed E-state index contributed by atoms with van der Waals surface area (Å²) < 4.78 is 0. The zero-order valence-electron chi connectivity index (χ0n) is 24.1. The van der Waals surface area contributed by atoms with Gasteiger partial charge in [0.15, 0.2) is 0 Å². The summed E-state index contributed by atoms with van der Waals surface area (Å²) in [6.07, 6.45) is 12.2. The van der Waals surface area contributed by atoms with E-state index in [-0.39, 0.29) is 81.9 Å². The summed E-state index contributed by atoms with van der Waals surface area (Å²) in [6, 6.07) is 0. The predicted molar refractivity (Wildman–Crippen MR) is 145 cm³/mol. The molecule has 0 saturated heterocycles. The maximum Gasteiger partial charge on any atom is 2.00 e. The predicted octanol–water partition coefficient (Wildman–Crippen LogP) is 2.64. The first-order valence-electron chi connectivity index (χ1n) is 12.1. The molecule has 0 saturated carbocycles. The van der Waals surface area contributed by atoms with Crippen LogP contribution in [0, 0.1) is 0 Å². The van der Waals surface area contributed by atoms with Gasteiger partial charge in [-0.3, -0.25) is 0 Å². The summed E-state index contributed by atoms with van der Waals surface area (Å²) in [5.41, 5.74) is 0. The Bertz CT molecular complexity index is 137. The minimum Gasteiger partial charge on any atom is -0.412 e. The Morgan fingerprint density at radius 2 is 0.429 bits per heavy atom. The monoisotopic (exact) mass is 642 g/mol. The van der Waals surface area contributed by atoms with Crippen LogP contribution in [0.1, 0.15) is 119 Å². The molecule has 0 aliphatic carbocycles. The Morgan fingerprint density at radius 3 is 0.429 bits per heavy atom. The Morgan fingerprint density at radius 1 is 0.343 bits per heavy atom. The van der Waals surface area contributed by atoms with Crippen LogP contribution in [0.3, 0.4) is 0 Å². The third-order valence-corrected chi connectivity index (χ3v) is 3.07. The van der Waals surface area contributed by atoms with E-state index < -0.39 is 0 Å². The molecule has 0 aromatic carbocycles. The molecule has 10 N–H and O–H groups in total. The molecule has 8 nitrogen and oxygen atoms in total. The molecule has 11 heteroatoms. The fourth-order valence-corrected chi connectivity index (χ4v) is 0.949. The molecule has 0 rings (SSSR count). The van der Waals surface area contributed by atoms with Crippen molar-refractivity contribution in [3.8, 4) is 0 Å². The number of rotatable bonds is 12. The molecule has 0 heterocycles. The van der Waals surface area contributed by atoms with Crippen LogP contribution in [0.15, 0.2) is 0 Å². The molecular weight excluding hydrogens is 580 g/mol. The quantitative estimate of drug-likeness (QED) is 0.178. The molecule has 0 unspecified atom stereocenters. The second-order valence-electron chi connectivity index (χ2n) is 6.46. The van der Waals surface area contributed by atoms with Gasteiger partial charge in [-0.2, -0.15) is 0 Å². The zero-order valence-corrected chi connectivity index (χ0v) is 29.6. The molecule has 0 spiro atoms. The molecule has 35 heavy (non-hydrogen) atoms. The van der Waals surface area contributed by atoms with E-state index in [1.807, 2.05) is 0 Å². The third kappa shape index (κ3) is 212. The van der Waals surface area contributed by atoms with Gasteiger partial charge in [0.25, 0.3) is 0 Å². The van der Waals surface area contributed by atoms with Gasteiger partial charge in [0.05, 0.1) is 0 Å². The van der Waals surface area contributed by atoms with E-state index in [1.165, 1.54) is 0 Å². The molecule has 0 fully saturated rings. The van der Waals surface area contributed by atoms with Gasteiger partial charge in [-0.1, -0.05) is 80.1 Å². The fraction of sp³-hybridized carbons (Fsp3) is 1.00. The van der Waals surface area contributed by atoms with Gasteiger partial charge < -0.3 is 41.6 Å². The Kier molecular flexibility index (Phi) is 223. The third-order valence-electron chi connectivity index (χ3n) is 3.07. The van der Waals surface area contributed by atoms with Gasteiger partial charge >= 0.3 is 23.1 Å². The minimum atomic E-state index is 0.